The Kier molecular flexibility index (Phi) is 6.45. The summed E-state index contributed by atoms with van der Waals surface area (Å²) in [6, 6.07) is 5.73. The molecule has 1 aromatic carbocycles. The fourth-order valence-corrected chi connectivity index (χ4v) is 2.97. The number of aromatic nitrogens is 2. The monoisotopic (exact) mass is 365 g/mol. The van der Waals surface area contributed by atoms with E-state index in [1.54, 1.807) is 13.2 Å². The first-order chi connectivity index (χ1) is 11.6. The largest absolute Gasteiger partial charge is 0.493 e. The molecule has 0 radical (unpaired) electrons. The van der Waals surface area contributed by atoms with Gasteiger partial charge in [-0.1, -0.05) is 24.1 Å². The molecule has 0 amide bonds. The highest BCUT2D eigenvalue weighted by Crippen LogP contribution is 2.34. The number of rotatable bonds is 6. The summed E-state index contributed by atoms with van der Waals surface area (Å²) >= 11 is 0. The van der Waals surface area contributed by atoms with E-state index in [1.165, 1.54) is 0 Å². The van der Waals surface area contributed by atoms with Gasteiger partial charge in [-0.2, -0.15) is 4.98 Å². The normalized spacial score (nSPS) is 16.0. The van der Waals surface area contributed by atoms with Crippen LogP contribution in [0.2, 0.25) is 0 Å². The molecule has 6 nitrogen and oxygen atoms in total. The Morgan fingerprint density at radius 2 is 2.00 bits per heavy atom. The molecule has 136 valence electrons. The van der Waals surface area contributed by atoms with Gasteiger partial charge in [-0.05, 0) is 43.5 Å². The van der Waals surface area contributed by atoms with E-state index in [4.69, 9.17) is 19.7 Å². The van der Waals surface area contributed by atoms with Crippen molar-refractivity contribution in [2.75, 3.05) is 13.7 Å². The molecule has 7 heteroatoms. The summed E-state index contributed by atoms with van der Waals surface area (Å²) in [5.74, 6) is 2.47. The van der Waals surface area contributed by atoms with Crippen LogP contribution in [-0.2, 0) is 5.54 Å². The quantitative estimate of drug-likeness (QED) is 0.838. The third-order valence-corrected chi connectivity index (χ3v) is 4.29. The molecule has 1 aliphatic rings. The zero-order valence-corrected chi connectivity index (χ0v) is 15.3. The molecular formula is C18H24ClN3O3. The topological polar surface area (TPSA) is 83.4 Å². The standard InChI is InChI=1S/C18H23N3O3.ClH/c1-3-23-15-12-13(6-8-14(15)22-2)7-9-16-20-17(21-24-16)18(19)10-4-5-11-18;/h6-9,12H,3-5,10-11,19H2,1-2H3;1H/b9-7+;. The minimum Gasteiger partial charge on any atom is -0.493 e. The number of halogens is 1. The number of nitrogens with zero attached hydrogens (tertiary/aromatic N) is 2. The Balaban J connectivity index is 0.00000225. The molecule has 1 fully saturated rings. The van der Waals surface area contributed by atoms with E-state index < -0.39 is 5.54 Å². The molecule has 0 atom stereocenters. The minimum atomic E-state index is -0.433. The van der Waals surface area contributed by atoms with Crippen molar-refractivity contribution in [2.24, 2.45) is 5.73 Å². The summed E-state index contributed by atoms with van der Waals surface area (Å²) in [4.78, 5) is 4.43. The van der Waals surface area contributed by atoms with Gasteiger partial charge < -0.3 is 19.7 Å². The first-order valence-electron chi connectivity index (χ1n) is 8.26. The van der Waals surface area contributed by atoms with Gasteiger partial charge in [0.1, 0.15) is 0 Å². The second kappa shape index (κ2) is 8.36. The van der Waals surface area contributed by atoms with E-state index in [1.807, 2.05) is 31.2 Å². The molecular weight excluding hydrogens is 342 g/mol. The van der Waals surface area contributed by atoms with Crippen molar-refractivity contribution in [2.45, 2.75) is 38.1 Å². The summed E-state index contributed by atoms with van der Waals surface area (Å²) in [6.45, 7) is 2.52. The Morgan fingerprint density at radius 1 is 1.24 bits per heavy atom. The van der Waals surface area contributed by atoms with Gasteiger partial charge in [0.05, 0.1) is 19.3 Å². The summed E-state index contributed by atoms with van der Waals surface area (Å²) in [7, 11) is 1.62. The predicted molar refractivity (Wildman–Crippen MR) is 99.0 cm³/mol. The molecule has 25 heavy (non-hydrogen) atoms. The number of benzene rings is 1. The van der Waals surface area contributed by atoms with Crippen molar-refractivity contribution in [1.29, 1.82) is 0 Å². The van der Waals surface area contributed by atoms with Crippen LogP contribution in [0.3, 0.4) is 0 Å². The lowest BCUT2D eigenvalue weighted by Gasteiger charge is -2.17. The molecule has 2 aromatic rings. The summed E-state index contributed by atoms with van der Waals surface area (Å²) in [5.41, 5.74) is 6.87. The lowest BCUT2D eigenvalue weighted by Crippen LogP contribution is -2.34. The van der Waals surface area contributed by atoms with Gasteiger partial charge in [0.15, 0.2) is 17.3 Å². The van der Waals surface area contributed by atoms with E-state index in [-0.39, 0.29) is 12.4 Å². The van der Waals surface area contributed by atoms with E-state index >= 15 is 0 Å². The minimum absolute atomic E-state index is 0. The highest BCUT2D eigenvalue weighted by atomic mass is 35.5. The summed E-state index contributed by atoms with van der Waals surface area (Å²) in [5, 5.41) is 4.05. The van der Waals surface area contributed by atoms with Crippen molar-refractivity contribution >= 4 is 24.6 Å². The maximum absolute atomic E-state index is 6.35. The molecule has 0 unspecified atom stereocenters. The highest BCUT2D eigenvalue weighted by Gasteiger charge is 2.35. The molecule has 0 aliphatic heterocycles. The number of hydrogen-bond acceptors (Lipinski definition) is 6. The molecule has 1 aliphatic carbocycles. The molecule has 0 bridgehead atoms. The lowest BCUT2D eigenvalue weighted by molar-refractivity contribution is 0.311. The van der Waals surface area contributed by atoms with Gasteiger partial charge in [-0.25, -0.2) is 0 Å². The van der Waals surface area contributed by atoms with E-state index in [2.05, 4.69) is 10.1 Å². The fraction of sp³-hybridized carbons (Fsp3) is 0.444. The maximum atomic E-state index is 6.35. The smallest absolute Gasteiger partial charge is 0.250 e. The number of methoxy groups -OCH3 is 1. The van der Waals surface area contributed by atoms with Crippen molar-refractivity contribution < 1.29 is 14.0 Å². The molecule has 2 N–H and O–H groups in total. The second-order valence-electron chi connectivity index (χ2n) is 6.00. The van der Waals surface area contributed by atoms with Crippen molar-refractivity contribution in [3.05, 3.63) is 35.5 Å². The number of hydrogen-bond donors (Lipinski definition) is 1. The summed E-state index contributed by atoms with van der Waals surface area (Å²) in [6.07, 6.45) is 7.73. The van der Waals surface area contributed by atoms with Crippen LogP contribution in [0, 0.1) is 0 Å². The zero-order valence-electron chi connectivity index (χ0n) is 14.5. The summed E-state index contributed by atoms with van der Waals surface area (Å²) < 4.78 is 16.2. The predicted octanol–water partition coefficient (Wildman–Crippen LogP) is 3.80. The second-order valence-corrected chi connectivity index (χ2v) is 6.00. The van der Waals surface area contributed by atoms with Crippen LogP contribution in [0.1, 0.15) is 49.9 Å². The average molecular weight is 366 g/mol. The number of ether oxygens (including phenoxy) is 2. The van der Waals surface area contributed by atoms with E-state index in [0.717, 1.165) is 31.2 Å². The van der Waals surface area contributed by atoms with Gasteiger partial charge in [0.2, 0.25) is 0 Å². The third-order valence-electron chi connectivity index (χ3n) is 4.29. The SMILES string of the molecule is CCOc1cc(/C=C/c2nc(C3(N)CCCC3)no2)ccc1OC.Cl. The van der Waals surface area contributed by atoms with Crippen molar-refractivity contribution in [1.82, 2.24) is 10.1 Å². The van der Waals surface area contributed by atoms with Gasteiger partial charge in [-0.15, -0.1) is 12.4 Å². The maximum Gasteiger partial charge on any atom is 0.250 e. The van der Waals surface area contributed by atoms with E-state index in [9.17, 15) is 0 Å². The zero-order chi connectivity index (χ0) is 17.0. The lowest BCUT2D eigenvalue weighted by atomic mass is 9.99. The Bertz CT molecular complexity index is 724. The molecule has 1 aromatic heterocycles. The van der Waals surface area contributed by atoms with Gasteiger partial charge in [0.25, 0.3) is 5.89 Å². The first kappa shape index (κ1) is 19.3. The van der Waals surface area contributed by atoms with Crippen LogP contribution in [0.5, 0.6) is 11.5 Å². The highest BCUT2D eigenvalue weighted by molar-refractivity contribution is 5.85. The molecule has 0 spiro atoms. The van der Waals surface area contributed by atoms with Gasteiger partial charge in [-0.3, -0.25) is 0 Å². The molecule has 3 rings (SSSR count). The first-order valence-corrected chi connectivity index (χ1v) is 8.26. The molecule has 0 saturated heterocycles. The van der Waals surface area contributed by atoms with Crippen LogP contribution in [0.15, 0.2) is 22.7 Å². The van der Waals surface area contributed by atoms with Crippen molar-refractivity contribution in [3.8, 4) is 11.5 Å². The van der Waals surface area contributed by atoms with Crippen LogP contribution < -0.4 is 15.2 Å². The Hall–Kier alpha value is -2.05. The Morgan fingerprint density at radius 3 is 2.68 bits per heavy atom. The van der Waals surface area contributed by atoms with Gasteiger partial charge >= 0.3 is 0 Å². The molecule has 1 saturated carbocycles. The van der Waals surface area contributed by atoms with Gasteiger partial charge in [0, 0.05) is 6.08 Å². The van der Waals surface area contributed by atoms with E-state index in [0.29, 0.717) is 29.8 Å². The average Bonchev–Trinajstić information content (AvgIpc) is 3.23. The van der Waals surface area contributed by atoms with Crippen LogP contribution in [-0.4, -0.2) is 23.9 Å². The van der Waals surface area contributed by atoms with Crippen LogP contribution in [0.4, 0.5) is 0 Å². The molecule has 1 heterocycles. The fourth-order valence-electron chi connectivity index (χ4n) is 2.97. The Labute approximate surface area is 153 Å². The van der Waals surface area contributed by atoms with Crippen LogP contribution in [0.25, 0.3) is 12.2 Å². The van der Waals surface area contributed by atoms with Crippen LogP contribution >= 0.6 is 12.4 Å². The third kappa shape index (κ3) is 4.32. The number of nitrogens with two attached hydrogens (primary N) is 1. The van der Waals surface area contributed by atoms with Crippen molar-refractivity contribution in [3.63, 3.8) is 0 Å².